The summed E-state index contributed by atoms with van der Waals surface area (Å²) in [6.45, 7) is -0.282. The van der Waals surface area contributed by atoms with Gasteiger partial charge in [-0.25, -0.2) is 0 Å². The van der Waals surface area contributed by atoms with Crippen LogP contribution in [0.2, 0.25) is 0 Å². The summed E-state index contributed by atoms with van der Waals surface area (Å²) in [5.74, 6) is -0.435. The van der Waals surface area contributed by atoms with Crippen molar-refractivity contribution in [3.05, 3.63) is 0 Å². The molecular weight excluding hydrogens is 185 g/mol. The standard InChI is InChI=1S/C7H11F3N2O/c1-11-5(13)4-12-6(2-3-6)7(8,9)10/h12H,2-4H2,1H3,(H,11,13). The molecule has 2 N–H and O–H groups in total. The quantitative estimate of drug-likeness (QED) is 0.686. The number of rotatable bonds is 3. The molecule has 6 heteroatoms. The Balaban J connectivity index is 2.41. The lowest BCUT2D eigenvalue weighted by Gasteiger charge is -2.19. The lowest BCUT2D eigenvalue weighted by Crippen LogP contribution is -2.48. The van der Waals surface area contributed by atoms with Crippen LogP contribution in [0.1, 0.15) is 12.8 Å². The minimum atomic E-state index is -4.25. The number of hydrogen-bond donors (Lipinski definition) is 2. The Morgan fingerprint density at radius 3 is 2.31 bits per heavy atom. The van der Waals surface area contributed by atoms with Crippen molar-refractivity contribution in [1.82, 2.24) is 10.6 Å². The number of nitrogens with one attached hydrogen (secondary N) is 2. The molecule has 0 radical (unpaired) electrons. The van der Waals surface area contributed by atoms with Crippen molar-refractivity contribution in [2.45, 2.75) is 24.6 Å². The van der Waals surface area contributed by atoms with Crippen molar-refractivity contribution < 1.29 is 18.0 Å². The van der Waals surface area contributed by atoms with Gasteiger partial charge >= 0.3 is 6.18 Å². The van der Waals surface area contributed by atoms with Crippen LogP contribution in [0.3, 0.4) is 0 Å². The van der Waals surface area contributed by atoms with Gasteiger partial charge in [0.05, 0.1) is 6.54 Å². The summed E-state index contributed by atoms with van der Waals surface area (Å²) in [4.78, 5) is 10.7. The van der Waals surface area contributed by atoms with Crippen LogP contribution in [0, 0.1) is 0 Å². The Morgan fingerprint density at radius 2 is 2.00 bits per heavy atom. The van der Waals surface area contributed by atoms with Gasteiger partial charge in [-0.15, -0.1) is 0 Å². The molecule has 0 heterocycles. The highest BCUT2D eigenvalue weighted by atomic mass is 19.4. The average Bonchev–Trinajstić information content (AvgIpc) is 2.79. The molecule has 0 saturated heterocycles. The van der Waals surface area contributed by atoms with Gasteiger partial charge in [-0.05, 0) is 12.8 Å². The highest BCUT2D eigenvalue weighted by Crippen LogP contribution is 2.48. The van der Waals surface area contributed by atoms with E-state index in [9.17, 15) is 18.0 Å². The van der Waals surface area contributed by atoms with Crippen molar-refractivity contribution in [1.29, 1.82) is 0 Å². The maximum atomic E-state index is 12.3. The first kappa shape index (κ1) is 10.3. The minimum Gasteiger partial charge on any atom is -0.358 e. The van der Waals surface area contributed by atoms with Crippen LogP contribution in [0.15, 0.2) is 0 Å². The Kier molecular flexibility index (Phi) is 2.51. The van der Waals surface area contributed by atoms with Crippen LogP contribution in [0.25, 0.3) is 0 Å². The Morgan fingerprint density at radius 1 is 1.46 bits per heavy atom. The monoisotopic (exact) mass is 196 g/mol. The Labute approximate surface area is 73.7 Å². The molecule has 1 aliphatic carbocycles. The van der Waals surface area contributed by atoms with Gasteiger partial charge < -0.3 is 5.32 Å². The molecule has 1 amide bonds. The highest BCUT2D eigenvalue weighted by Gasteiger charge is 2.63. The van der Waals surface area contributed by atoms with Gasteiger partial charge in [0.1, 0.15) is 5.54 Å². The summed E-state index contributed by atoms with van der Waals surface area (Å²) in [5.41, 5.74) is -1.79. The molecule has 1 aliphatic rings. The molecule has 0 aromatic heterocycles. The normalized spacial score (nSPS) is 19.7. The first-order chi connectivity index (χ1) is 5.91. The Hall–Kier alpha value is -0.780. The zero-order chi connectivity index (χ0) is 10.1. The topological polar surface area (TPSA) is 41.1 Å². The second-order valence-electron chi connectivity index (χ2n) is 3.11. The van der Waals surface area contributed by atoms with Crippen LogP contribution < -0.4 is 10.6 Å². The molecule has 0 bridgehead atoms. The summed E-state index contributed by atoms with van der Waals surface area (Å²) in [5, 5.41) is 4.47. The molecule has 1 saturated carbocycles. The van der Waals surface area contributed by atoms with Crippen LogP contribution in [0.5, 0.6) is 0 Å². The summed E-state index contributed by atoms with van der Waals surface area (Å²) < 4.78 is 36.8. The third kappa shape index (κ3) is 2.12. The average molecular weight is 196 g/mol. The fraction of sp³-hybridized carbons (Fsp3) is 0.857. The van der Waals surface area contributed by atoms with Crippen molar-refractivity contribution in [3.63, 3.8) is 0 Å². The summed E-state index contributed by atoms with van der Waals surface area (Å²) in [6.07, 6.45) is -4.12. The molecule has 1 rings (SSSR count). The smallest absolute Gasteiger partial charge is 0.358 e. The fourth-order valence-electron chi connectivity index (χ4n) is 1.02. The third-order valence-electron chi connectivity index (χ3n) is 2.16. The zero-order valence-corrected chi connectivity index (χ0v) is 7.16. The van der Waals surface area contributed by atoms with Crippen molar-refractivity contribution >= 4 is 5.91 Å². The van der Waals surface area contributed by atoms with Gasteiger partial charge in [0.15, 0.2) is 0 Å². The predicted octanol–water partition coefficient (Wildman–Crippen LogP) is 0.417. The molecule has 0 atom stereocenters. The van der Waals surface area contributed by atoms with Gasteiger partial charge in [-0.2, -0.15) is 13.2 Å². The van der Waals surface area contributed by atoms with Crippen LogP contribution in [-0.4, -0.2) is 31.2 Å². The molecule has 76 valence electrons. The number of carbonyl (C=O) groups is 1. The maximum absolute atomic E-state index is 12.3. The highest BCUT2D eigenvalue weighted by molar-refractivity contribution is 5.77. The van der Waals surface area contributed by atoms with Crippen molar-refractivity contribution in [2.24, 2.45) is 0 Å². The van der Waals surface area contributed by atoms with E-state index in [1.165, 1.54) is 7.05 Å². The number of halogens is 3. The van der Waals surface area contributed by atoms with E-state index >= 15 is 0 Å². The van der Waals surface area contributed by atoms with E-state index in [0.717, 1.165) is 0 Å². The molecule has 3 nitrogen and oxygen atoms in total. The largest absolute Gasteiger partial charge is 0.406 e. The number of amides is 1. The molecule has 0 aromatic rings. The van der Waals surface area contributed by atoms with Crippen LogP contribution in [-0.2, 0) is 4.79 Å². The van der Waals surface area contributed by atoms with E-state index in [1.807, 2.05) is 0 Å². The summed E-state index contributed by atoms with van der Waals surface area (Å²) >= 11 is 0. The minimum absolute atomic E-state index is 0.0630. The summed E-state index contributed by atoms with van der Waals surface area (Å²) in [7, 11) is 1.39. The second kappa shape index (κ2) is 3.17. The number of hydrogen-bond acceptors (Lipinski definition) is 2. The van der Waals surface area contributed by atoms with Crippen molar-refractivity contribution in [2.75, 3.05) is 13.6 Å². The van der Waals surface area contributed by atoms with E-state index in [0.29, 0.717) is 0 Å². The molecule has 1 fully saturated rings. The number of alkyl halides is 3. The third-order valence-corrected chi connectivity index (χ3v) is 2.16. The molecule has 0 aromatic carbocycles. The molecule has 0 spiro atoms. The lowest BCUT2D eigenvalue weighted by atomic mass is 10.2. The molecule has 0 unspecified atom stereocenters. The van der Waals surface area contributed by atoms with Gasteiger partial charge in [0, 0.05) is 7.05 Å². The van der Waals surface area contributed by atoms with Gasteiger partial charge in [-0.3, -0.25) is 10.1 Å². The van der Waals surface area contributed by atoms with Crippen molar-refractivity contribution in [3.8, 4) is 0 Å². The van der Waals surface area contributed by atoms with Crippen LogP contribution in [0.4, 0.5) is 13.2 Å². The van der Waals surface area contributed by atoms with E-state index in [-0.39, 0.29) is 19.4 Å². The lowest BCUT2D eigenvalue weighted by molar-refractivity contribution is -0.166. The van der Waals surface area contributed by atoms with E-state index in [1.54, 1.807) is 0 Å². The van der Waals surface area contributed by atoms with Gasteiger partial charge in [0.25, 0.3) is 0 Å². The number of carbonyl (C=O) groups excluding carboxylic acids is 1. The Bertz CT molecular complexity index is 210. The SMILES string of the molecule is CNC(=O)CNC1(C(F)(F)F)CC1. The molecule has 0 aliphatic heterocycles. The van der Waals surface area contributed by atoms with Crippen LogP contribution >= 0.6 is 0 Å². The second-order valence-corrected chi connectivity index (χ2v) is 3.11. The maximum Gasteiger partial charge on any atom is 0.406 e. The van der Waals surface area contributed by atoms with E-state index in [4.69, 9.17) is 0 Å². The van der Waals surface area contributed by atoms with Gasteiger partial charge in [-0.1, -0.05) is 0 Å². The fourth-order valence-corrected chi connectivity index (χ4v) is 1.02. The van der Waals surface area contributed by atoms with E-state index in [2.05, 4.69) is 10.6 Å². The first-order valence-corrected chi connectivity index (χ1v) is 3.94. The molecular formula is C7H11F3N2O. The van der Waals surface area contributed by atoms with E-state index < -0.39 is 17.6 Å². The summed E-state index contributed by atoms with van der Waals surface area (Å²) in [6, 6.07) is 0. The first-order valence-electron chi connectivity index (χ1n) is 3.94. The number of likely N-dealkylation sites (N-methyl/N-ethyl adjacent to an activating group) is 1. The molecule has 13 heavy (non-hydrogen) atoms. The predicted molar refractivity (Wildman–Crippen MR) is 40.1 cm³/mol. The zero-order valence-electron chi connectivity index (χ0n) is 7.16. The van der Waals surface area contributed by atoms with Gasteiger partial charge in [0.2, 0.25) is 5.91 Å².